The molecular formula is C20H26ClN5O. The number of hydrogen-bond donors (Lipinski definition) is 1. The fraction of sp³-hybridized carbons (Fsp3) is 0.500. The van der Waals surface area contributed by atoms with Gasteiger partial charge >= 0.3 is 0 Å². The lowest BCUT2D eigenvalue weighted by Gasteiger charge is -2.34. The molecule has 1 unspecified atom stereocenters. The zero-order valence-corrected chi connectivity index (χ0v) is 16.7. The number of aliphatic hydroxyl groups is 1. The van der Waals surface area contributed by atoms with Gasteiger partial charge in [0, 0.05) is 44.7 Å². The average Bonchev–Trinajstić information content (AvgIpc) is 3.13. The van der Waals surface area contributed by atoms with Gasteiger partial charge in [-0.25, -0.2) is 4.98 Å². The molecule has 6 nitrogen and oxygen atoms in total. The Morgan fingerprint density at radius 2 is 2.19 bits per heavy atom. The number of rotatable bonds is 5. The number of nitrogens with zero attached hydrogens (tertiary/aromatic N) is 5. The molecule has 27 heavy (non-hydrogen) atoms. The Hall–Kier alpha value is -2.07. The van der Waals surface area contributed by atoms with Crippen molar-refractivity contribution < 1.29 is 5.11 Å². The first kappa shape index (κ1) is 19.7. The summed E-state index contributed by atoms with van der Waals surface area (Å²) in [4.78, 5) is 8.58. The van der Waals surface area contributed by atoms with Crippen LogP contribution in [0.25, 0.3) is 0 Å². The predicted molar refractivity (Wildman–Crippen MR) is 108 cm³/mol. The molecule has 1 atom stereocenters. The van der Waals surface area contributed by atoms with Crippen molar-refractivity contribution >= 4 is 17.3 Å². The van der Waals surface area contributed by atoms with E-state index in [1.54, 1.807) is 12.4 Å². The first-order chi connectivity index (χ1) is 13.0. The molecule has 0 aliphatic carbocycles. The fourth-order valence-corrected chi connectivity index (χ4v) is 3.36. The summed E-state index contributed by atoms with van der Waals surface area (Å²) < 4.78 is 1.90. The monoisotopic (exact) mass is 387 g/mol. The summed E-state index contributed by atoms with van der Waals surface area (Å²) in [6, 6.07) is 1.87. The summed E-state index contributed by atoms with van der Waals surface area (Å²) in [5.74, 6) is 6.71. The van der Waals surface area contributed by atoms with Crippen LogP contribution >= 0.6 is 11.6 Å². The zero-order valence-electron chi connectivity index (χ0n) is 15.9. The van der Waals surface area contributed by atoms with Crippen LogP contribution in [-0.2, 0) is 6.54 Å². The number of likely N-dealkylation sites (N-methyl/N-ethyl adjacent to an activating group) is 1. The van der Waals surface area contributed by atoms with E-state index in [0.29, 0.717) is 11.1 Å². The molecule has 0 amide bonds. The van der Waals surface area contributed by atoms with Crippen LogP contribution in [0, 0.1) is 17.8 Å². The van der Waals surface area contributed by atoms with Gasteiger partial charge in [-0.05, 0) is 32.9 Å². The van der Waals surface area contributed by atoms with E-state index < -0.39 is 0 Å². The molecule has 1 aliphatic heterocycles. The molecule has 0 spiro atoms. The molecule has 1 N–H and O–H groups in total. The van der Waals surface area contributed by atoms with E-state index in [1.165, 1.54) is 0 Å². The third kappa shape index (κ3) is 5.46. The third-order valence-corrected chi connectivity index (χ3v) is 4.92. The Bertz CT molecular complexity index is 823. The van der Waals surface area contributed by atoms with E-state index in [2.05, 4.69) is 31.7 Å². The van der Waals surface area contributed by atoms with Gasteiger partial charge in [-0.3, -0.25) is 4.68 Å². The summed E-state index contributed by atoms with van der Waals surface area (Å²) in [6.07, 6.45) is 7.58. The van der Waals surface area contributed by atoms with E-state index in [9.17, 15) is 5.11 Å². The Kier molecular flexibility index (Phi) is 6.73. The lowest BCUT2D eigenvalue weighted by atomic mass is 9.98. The SMILES string of the molecule is CN(C)CCn1cc(C#Cc2cnc(Cl)cc2N2CCCC(CO)C2)cn1. The Morgan fingerprint density at radius 1 is 1.33 bits per heavy atom. The van der Waals surface area contributed by atoms with Gasteiger partial charge in [0.1, 0.15) is 5.15 Å². The van der Waals surface area contributed by atoms with Crippen molar-refractivity contribution in [2.45, 2.75) is 19.4 Å². The molecular weight excluding hydrogens is 362 g/mol. The van der Waals surface area contributed by atoms with Gasteiger partial charge in [0.05, 0.1) is 29.6 Å². The minimum absolute atomic E-state index is 0.211. The Labute approximate surface area is 165 Å². The summed E-state index contributed by atoms with van der Waals surface area (Å²) in [6.45, 7) is 3.73. The molecule has 0 saturated carbocycles. The van der Waals surface area contributed by atoms with Gasteiger partial charge in [0.15, 0.2) is 0 Å². The number of aliphatic hydroxyl groups excluding tert-OH is 1. The maximum Gasteiger partial charge on any atom is 0.131 e. The first-order valence-electron chi connectivity index (χ1n) is 9.25. The number of halogens is 1. The van der Waals surface area contributed by atoms with Crippen LogP contribution in [0.2, 0.25) is 5.15 Å². The van der Waals surface area contributed by atoms with Gasteiger partial charge in [0.25, 0.3) is 0 Å². The molecule has 2 aromatic heterocycles. The highest BCUT2D eigenvalue weighted by Gasteiger charge is 2.21. The minimum Gasteiger partial charge on any atom is -0.396 e. The maximum atomic E-state index is 9.51. The second-order valence-corrected chi connectivity index (χ2v) is 7.59. The number of piperidine rings is 1. The van der Waals surface area contributed by atoms with Crippen LogP contribution in [0.5, 0.6) is 0 Å². The Balaban J connectivity index is 1.79. The molecule has 1 fully saturated rings. The van der Waals surface area contributed by atoms with Crippen molar-refractivity contribution in [3.05, 3.63) is 40.9 Å². The van der Waals surface area contributed by atoms with Crippen molar-refractivity contribution in [1.82, 2.24) is 19.7 Å². The lowest BCUT2D eigenvalue weighted by molar-refractivity contribution is 0.208. The highest BCUT2D eigenvalue weighted by atomic mass is 35.5. The molecule has 1 aliphatic rings. The third-order valence-electron chi connectivity index (χ3n) is 4.72. The van der Waals surface area contributed by atoms with Crippen LogP contribution < -0.4 is 4.90 Å². The number of anilines is 1. The zero-order chi connectivity index (χ0) is 19.2. The van der Waals surface area contributed by atoms with Gasteiger partial charge in [-0.2, -0.15) is 5.10 Å². The highest BCUT2D eigenvalue weighted by molar-refractivity contribution is 6.29. The molecule has 3 rings (SSSR count). The van der Waals surface area contributed by atoms with E-state index >= 15 is 0 Å². The molecule has 3 heterocycles. The number of pyridine rings is 1. The van der Waals surface area contributed by atoms with Crippen LogP contribution in [0.1, 0.15) is 24.0 Å². The second kappa shape index (κ2) is 9.23. The topological polar surface area (TPSA) is 57.4 Å². The molecule has 7 heteroatoms. The van der Waals surface area contributed by atoms with E-state index in [1.807, 2.05) is 31.0 Å². The van der Waals surface area contributed by atoms with Crippen LogP contribution in [0.4, 0.5) is 5.69 Å². The molecule has 1 saturated heterocycles. The summed E-state index contributed by atoms with van der Waals surface area (Å²) in [5, 5.41) is 14.3. The molecule has 0 bridgehead atoms. The van der Waals surface area contributed by atoms with Crippen molar-refractivity contribution in [2.75, 3.05) is 45.2 Å². The summed E-state index contributed by atoms with van der Waals surface area (Å²) in [5.41, 5.74) is 2.71. The van der Waals surface area contributed by atoms with Gasteiger partial charge in [0.2, 0.25) is 0 Å². The molecule has 0 radical (unpaired) electrons. The predicted octanol–water partition coefficient (Wildman–Crippen LogP) is 2.10. The van der Waals surface area contributed by atoms with Gasteiger partial charge in [-0.1, -0.05) is 23.4 Å². The fourth-order valence-electron chi connectivity index (χ4n) is 3.20. The van der Waals surface area contributed by atoms with Crippen LogP contribution in [0.3, 0.4) is 0 Å². The van der Waals surface area contributed by atoms with Crippen LogP contribution in [-0.4, -0.2) is 65.1 Å². The quantitative estimate of drug-likeness (QED) is 0.629. The van der Waals surface area contributed by atoms with Crippen molar-refractivity contribution in [1.29, 1.82) is 0 Å². The van der Waals surface area contributed by atoms with Crippen molar-refractivity contribution in [2.24, 2.45) is 5.92 Å². The van der Waals surface area contributed by atoms with Gasteiger partial charge in [-0.15, -0.1) is 0 Å². The van der Waals surface area contributed by atoms with E-state index in [4.69, 9.17) is 11.6 Å². The number of hydrogen-bond acceptors (Lipinski definition) is 5. The lowest BCUT2D eigenvalue weighted by Crippen LogP contribution is -2.37. The molecule has 144 valence electrons. The average molecular weight is 388 g/mol. The van der Waals surface area contributed by atoms with Crippen molar-refractivity contribution in [3.8, 4) is 11.8 Å². The van der Waals surface area contributed by atoms with E-state index in [0.717, 1.165) is 55.8 Å². The second-order valence-electron chi connectivity index (χ2n) is 7.21. The summed E-state index contributed by atoms with van der Waals surface area (Å²) in [7, 11) is 4.09. The standard InChI is InChI=1S/C20H26ClN5O/c1-24(2)8-9-26-14-16(11-23-26)5-6-18-12-22-20(21)10-19(18)25-7-3-4-17(13-25)15-27/h10-12,14,17,27H,3-4,7-9,13,15H2,1-2H3. The van der Waals surface area contributed by atoms with Gasteiger partial charge < -0.3 is 14.9 Å². The normalized spacial score (nSPS) is 17.1. The van der Waals surface area contributed by atoms with Crippen LogP contribution in [0.15, 0.2) is 24.7 Å². The summed E-state index contributed by atoms with van der Waals surface area (Å²) >= 11 is 6.13. The van der Waals surface area contributed by atoms with Crippen molar-refractivity contribution in [3.63, 3.8) is 0 Å². The minimum atomic E-state index is 0.211. The molecule has 2 aromatic rings. The first-order valence-corrected chi connectivity index (χ1v) is 9.63. The van der Waals surface area contributed by atoms with E-state index in [-0.39, 0.29) is 6.61 Å². The molecule has 0 aromatic carbocycles. The Morgan fingerprint density at radius 3 is 2.96 bits per heavy atom. The smallest absolute Gasteiger partial charge is 0.131 e. The maximum absolute atomic E-state index is 9.51. The number of aromatic nitrogens is 3. The highest BCUT2D eigenvalue weighted by Crippen LogP contribution is 2.27. The largest absolute Gasteiger partial charge is 0.396 e.